The molecule has 1 fully saturated rings. The van der Waals surface area contributed by atoms with E-state index >= 15 is 0 Å². The van der Waals surface area contributed by atoms with E-state index in [0.717, 1.165) is 18.4 Å². The van der Waals surface area contributed by atoms with Crippen LogP contribution in [-0.2, 0) is 17.8 Å². The fourth-order valence-electron chi connectivity index (χ4n) is 4.36. The Morgan fingerprint density at radius 2 is 2.08 bits per heavy atom. The zero-order valence-electron chi connectivity index (χ0n) is 20.3. The van der Waals surface area contributed by atoms with Crippen molar-refractivity contribution in [1.29, 1.82) is 0 Å². The lowest BCUT2D eigenvalue weighted by Crippen LogP contribution is -2.23. The summed E-state index contributed by atoms with van der Waals surface area (Å²) in [5.41, 5.74) is 3.25. The minimum Gasteiger partial charge on any atom is -0.462 e. The van der Waals surface area contributed by atoms with Crippen LogP contribution in [-0.4, -0.2) is 52.2 Å². The van der Waals surface area contributed by atoms with E-state index in [2.05, 4.69) is 25.6 Å². The van der Waals surface area contributed by atoms with Gasteiger partial charge in [0, 0.05) is 18.6 Å². The van der Waals surface area contributed by atoms with Gasteiger partial charge in [-0.05, 0) is 43.4 Å². The molecule has 6 rings (SSSR count). The number of carbonyl (C=O) groups is 2. The summed E-state index contributed by atoms with van der Waals surface area (Å²) in [6, 6.07) is 3.29. The molecule has 11 nitrogen and oxygen atoms in total. The largest absolute Gasteiger partial charge is 0.462 e. The molecule has 1 N–H and O–H groups in total. The van der Waals surface area contributed by atoms with Crippen LogP contribution in [0, 0.1) is 5.82 Å². The van der Waals surface area contributed by atoms with E-state index in [9.17, 15) is 14.0 Å². The van der Waals surface area contributed by atoms with Crippen molar-refractivity contribution in [3.05, 3.63) is 82.3 Å². The first kappa shape index (κ1) is 24.0. The van der Waals surface area contributed by atoms with Crippen LogP contribution >= 0.6 is 11.6 Å². The Hall–Kier alpha value is -4.32. The van der Waals surface area contributed by atoms with E-state index in [4.69, 9.17) is 16.3 Å². The van der Waals surface area contributed by atoms with Crippen molar-refractivity contribution in [3.8, 4) is 0 Å². The highest BCUT2D eigenvalue weighted by molar-refractivity contribution is 6.31. The van der Waals surface area contributed by atoms with Gasteiger partial charge in [-0.2, -0.15) is 0 Å². The number of aromatic nitrogens is 7. The highest BCUT2D eigenvalue weighted by atomic mass is 35.5. The third-order valence-electron chi connectivity index (χ3n) is 6.35. The number of hydrogen-bond acceptors (Lipinski definition) is 7. The summed E-state index contributed by atoms with van der Waals surface area (Å²) in [6.45, 7) is 2.25. The molecule has 13 heteroatoms. The van der Waals surface area contributed by atoms with Gasteiger partial charge in [-0.3, -0.25) is 4.79 Å². The van der Waals surface area contributed by atoms with E-state index in [1.54, 1.807) is 13.1 Å². The second-order valence-electron chi connectivity index (χ2n) is 9.05. The molecule has 0 bridgehead atoms. The molecule has 0 saturated heterocycles. The maximum Gasteiger partial charge on any atom is 0.341 e. The van der Waals surface area contributed by atoms with Gasteiger partial charge in [0.1, 0.15) is 11.1 Å². The van der Waals surface area contributed by atoms with Crippen molar-refractivity contribution in [1.82, 2.24) is 39.1 Å². The van der Waals surface area contributed by atoms with Gasteiger partial charge in [0.05, 0.1) is 48.6 Å². The number of fused-ring (bicyclic) bond motifs is 2. The Balaban J connectivity index is 1.18. The first-order chi connectivity index (χ1) is 18.4. The molecular weight excluding hydrogens is 515 g/mol. The monoisotopic (exact) mass is 536 g/mol. The quantitative estimate of drug-likeness (QED) is 0.302. The zero-order valence-corrected chi connectivity index (χ0v) is 21.0. The number of pyridine rings is 2. The van der Waals surface area contributed by atoms with Crippen LogP contribution in [0.15, 0.2) is 43.2 Å². The van der Waals surface area contributed by atoms with Gasteiger partial charge < -0.3 is 18.9 Å². The zero-order chi connectivity index (χ0) is 26.4. The molecule has 1 aliphatic rings. The summed E-state index contributed by atoms with van der Waals surface area (Å²) in [5.74, 6) is -1.06. The Morgan fingerprint density at radius 1 is 1.24 bits per heavy atom. The summed E-state index contributed by atoms with van der Waals surface area (Å²) in [7, 11) is 0. The van der Waals surface area contributed by atoms with Crippen LogP contribution in [0.5, 0.6) is 0 Å². The number of nitrogens with one attached hydrogen (secondary N) is 1. The Kier molecular flexibility index (Phi) is 6.03. The van der Waals surface area contributed by atoms with Crippen molar-refractivity contribution >= 4 is 34.6 Å². The molecule has 1 amide bonds. The Morgan fingerprint density at radius 3 is 2.87 bits per heavy atom. The number of rotatable bonds is 8. The van der Waals surface area contributed by atoms with Crippen molar-refractivity contribution in [2.45, 2.75) is 38.8 Å². The average molecular weight is 537 g/mol. The number of hydrogen-bond donors (Lipinski definition) is 1. The van der Waals surface area contributed by atoms with Crippen LogP contribution < -0.4 is 5.32 Å². The highest BCUT2D eigenvalue weighted by Gasteiger charge is 2.27. The van der Waals surface area contributed by atoms with E-state index in [0.29, 0.717) is 28.5 Å². The molecule has 1 saturated carbocycles. The minimum absolute atomic E-state index is 0.0220. The van der Waals surface area contributed by atoms with Crippen molar-refractivity contribution in [3.63, 3.8) is 0 Å². The molecule has 5 heterocycles. The number of amides is 1. The number of carbonyl (C=O) groups excluding carboxylic acids is 2. The van der Waals surface area contributed by atoms with Gasteiger partial charge in [-0.1, -0.05) is 16.8 Å². The molecular formula is C25H22ClFN8O3. The number of esters is 1. The first-order valence-corrected chi connectivity index (χ1v) is 12.5. The lowest BCUT2D eigenvalue weighted by molar-refractivity contribution is 0.0527. The fraction of sp³-hybridized carbons (Fsp3) is 0.280. The number of ether oxygens (including phenoxy) is 1. The van der Waals surface area contributed by atoms with Gasteiger partial charge >= 0.3 is 5.97 Å². The summed E-state index contributed by atoms with van der Waals surface area (Å²) in [6.07, 6.45) is 10.5. The normalized spacial score (nSPS) is 13.3. The maximum atomic E-state index is 14.4. The van der Waals surface area contributed by atoms with Crippen LogP contribution in [0.3, 0.4) is 0 Å². The van der Waals surface area contributed by atoms with Crippen LogP contribution in [0.1, 0.15) is 63.5 Å². The molecule has 0 spiro atoms. The lowest BCUT2D eigenvalue weighted by atomic mass is 10.1. The van der Waals surface area contributed by atoms with E-state index < -0.39 is 17.7 Å². The molecule has 194 valence electrons. The molecule has 0 aliphatic heterocycles. The van der Waals surface area contributed by atoms with E-state index in [-0.39, 0.29) is 35.9 Å². The molecule has 0 unspecified atom stereocenters. The second-order valence-corrected chi connectivity index (χ2v) is 9.46. The summed E-state index contributed by atoms with van der Waals surface area (Å²) < 4.78 is 24.5. The average Bonchev–Trinajstić information content (AvgIpc) is 3.30. The third-order valence-corrected chi connectivity index (χ3v) is 6.64. The highest BCUT2D eigenvalue weighted by Crippen LogP contribution is 2.40. The standard InChI is InChI=1S/C25H22ClFN8O3/c1-2-38-25(37)17-7-15(14-3-4-14)9-34-10-16(30-23(17)34)11-35-12-20(31-32-35)24(36)28-8-19-22-21(27)18(26)5-6-33(22)13-29-19/h5-7,9-10,12-14H,2-4,8,11H2,1H3,(H,28,36). The van der Waals surface area contributed by atoms with Crippen molar-refractivity contribution in [2.75, 3.05) is 6.61 Å². The Labute approximate surface area is 220 Å². The topological polar surface area (TPSA) is 121 Å². The molecule has 5 aromatic heterocycles. The van der Waals surface area contributed by atoms with E-state index in [1.807, 2.05) is 22.9 Å². The van der Waals surface area contributed by atoms with Gasteiger partial charge in [0.25, 0.3) is 5.91 Å². The SMILES string of the molecule is CCOC(=O)c1cc(C2CC2)cn2cc(Cn3cc(C(=O)NCc4ncn5ccc(Cl)c(F)c45)nn3)nc12. The summed E-state index contributed by atoms with van der Waals surface area (Å²) in [5, 5.41) is 10.6. The van der Waals surface area contributed by atoms with Crippen LogP contribution in [0.2, 0.25) is 5.02 Å². The maximum absolute atomic E-state index is 14.4. The molecule has 0 radical (unpaired) electrons. The summed E-state index contributed by atoms with van der Waals surface area (Å²) >= 11 is 5.88. The van der Waals surface area contributed by atoms with Crippen LogP contribution in [0.25, 0.3) is 11.2 Å². The smallest absolute Gasteiger partial charge is 0.341 e. The molecule has 1 aliphatic carbocycles. The summed E-state index contributed by atoms with van der Waals surface area (Å²) in [4.78, 5) is 34.0. The van der Waals surface area contributed by atoms with Crippen molar-refractivity contribution in [2.24, 2.45) is 0 Å². The molecule has 38 heavy (non-hydrogen) atoms. The predicted molar refractivity (Wildman–Crippen MR) is 134 cm³/mol. The van der Waals surface area contributed by atoms with Crippen molar-refractivity contribution < 1.29 is 18.7 Å². The number of halogens is 2. The number of imidazole rings is 2. The minimum atomic E-state index is -0.607. The molecule has 0 aromatic carbocycles. The lowest BCUT2D eigenvalue weighted by Gasteiger charge is -2.06. The third kappa shape index (κ3) is 4.47. The van der Waals surface area contributed by atoms with Gasteiger partial charge in [0.2, 0.25) is 0 Å². The molecule has 5 aromatic rings. The fourth-order valence-corrected chi connectivity index (χ4v) is 4.51. The predicted octanol–water partition coefficient (Wildman–Crippen LogP) is 3.40. The first-order valence-electron chi connectivity index (χ1n) is 12.1. The second kappa shape index (κ2) is 9.53. The molecule has 0 atom stereocenters. The number of nitrogens with zero attached hydrogens (tertiary/aromatic N) is 7. The van der Waals surface area contributed by atoms with Gasteiger partial charge in [-0.25, -0.2) is 23.8 Å². The van der Waals surface area contributed by atoms with Crippen LogP contribution in [0.4, 0.5) is 4.39 Å². The van der Waals surface area contributed by atoms with Gasteiger partial charge in [-0.15, -0.1) is 5.10 Å². The van der Waals surface area contributed by atoms with E-state index in [1.165, 1.54) is 27.7 Å². The Bertz CT molecular complexity index is 1700. The van der Waals surface area contributed by atoms with Gasteiger partial charge in [0.15, 0.2) is 17.2 Å².